The minimum atomic E-state index is -0.547. The van der Waals surface area contributed by atoms with Gasteiger partial charge >= 0.3 is 0 Å². The first-order valence-electron chi connectivity index (χ1n) is 7.37. The Bertz CT molecular complexity index is 335. The number of likely N-dealkylation sites (tertiary alicyclic amines) is 1. The molecule has 4 nitrogen and oxygen atoms in total. The summed E-state index contributed by atoms with van der Waals surface area (Å²) in [4.78, 5) is 14.2. The maximum Gasteiger partial charge on any atom is 0.239 e. The number of hydrogen-bond donors (Lipinski definition) is 2. The average Bonchev–Trinajstić information content (AvgIpc) is 3.18. The average molecular weight is 252 g/mol. The van der Waals surface area contributed by atoms with Crippen LogP contribution in [0.1, 0.15) is 39.0 Å². The van der Waals surface area contributed by atoms with E-state index in [0.717, 1.165) is 32.2 Å². The molecular formula is C14H24N2O2. The number of hydrogen-bond acceptors (Lipinski definition) is 3. The van der Waals surface area contributed by atoms with Crippen molar-refractivity contribution in [1.29, 1.82) is 0 Å². The number of β-amino-alcohol motifs (C(OH)–C–C–N with tert-alkyl or cyclic N) is 1. The number of aliphatic hydroxyl groups is 1. The second kappa shape index (κ2) is 4.49. The lowest BCUT2D eigenvalue weighted by molar-refractivity contribution is -0.162. The normalized spacial score (nSPS) is 35.1. The molecule has 1 saturated carbocycles. The second-order valence-electron chi connectivity index (χ2n) is 6.38. The third-order valence-corrected chi connectivity index (χ3v) is 4.97. The summed E-state index contributed by atoms with van der Waals surface area (Å²) in [7, 11) is 0. The van der Waals surface area contributed by atoms with Crippen molar-refractivity contribution in [3.63, 3.8) is 0 Å². The summed E-state index contributed by atoms with van der Waals surface area (Å²) in [6.07, 6.45) is 5.59. The van der Waals surface area contributed by atoms with Crippen LogP contribution in [0.5, 0.6) is 0 Å². The third-order valence-electron chi connectivity index (χ3n) is 4.97. The molecule has 1 aliphatic carbocycles. The molecular weight excluding hydrogens is 228 g/mol. The van der Waals surface area contributed by atoms with Crippen molar-refractivity contribution in [2.24, 2.45) is 11.8 Å². The molecule has 3 rings (SSSR count). The van der Waals surface area contributed by atoms with Crippen molar-refractivity contribution in [1.82, 2.24) is 10.2 Å². The zero-order valence-electron chi connectivity index (χ0n) is 11.2. The number of carbonyl (C=O) groups is 1. The quantitative estimate of drug-likeness (QED) is 0.779. The van der Waals surface area contributed by atoms with E-state index >= 15 is 0 Å². The van der Waals surface area contributed by atoms with Crippen molar-refractivity contribution in [2.75, 3.05) is 19.6 Å². The lowest BCUT2D eigenvalue weighted by atomic mass is 9.85. The minimum absolute atomic E-state index is 0.00699. The topological polar surface area (TPSA) is 52.6 Å². The molecule has 2 atom stereocenters. The molecule has 2 unspecified atom stereocenters. The predicted octanol–water partition coefficient (Wildman–Crippen LogP) is 0.748. The molecule has 1 amide bonds. The van der Waals surface area contributed by atoms with Gasteiger partial charge in [0.15, 0.2) is 0 Å². The minimum Gasteiger partial charge on any atom is -0.386 e. The number of nitrogens with one attached hydrogen (secondary N) is 1. The van der Waals surface area contributed by atoms with E-state index in [1.54, 1.807) is 0 Å². The molecule has 2 saturated heterocycles. The predicted molar refractivity (Wildman–Crippen MR) is 69.1 cm³/mol. The van der Waals surface area contributed by atoms with E-state index in [4.69, 9.17) is 0 Å². The van der Waals surface area contributed by atoms with Crippen LogP contribution in [0.25, 0.3) is 0 Å². The first kappa shape index (κ1) is 12.4. The lowest BCUT2D eigenvalue weighted by Crippen LogP contribution is -2.67. The van der Waals surface area contributed by atoms with E-state index in [2.05, 4.69) is 12.2 Å². The molecule has 0 spiro atoms. The van der Waals surface area contributed by atoms with Crippen molar-refractivity contribution < 1.29 is 9.90 Å². The summed E-state index contributed by atoms with van der Waals surface area (Å²) in [5.74, 6) is 1.35. The monoisotopic (exact) mass is 252 g/mol. The zero-order chi connectivity index (χ0) is 12.8. The Hall–Kier alpha value is -0.610. The fourth-order valence-electron chi connectivity index (χ4n) is 3.42. The number of carbonyl (C=O) groups excluding carboxylic acids is 1. The fourth-order valence-corrected chi connectivity index (χ4v) is 3.42. The highest BCUT2D eigenvalue weighted by atomic mass is 16.3. The van der Waals surface area contributed by atoms with Gasteiger partial charge in [0, 0.05) is 0 Å². The second-order valence-corrected chi connectivity index (χ2v) is 6.38. The van der Waals surface area contributed by atoms with Crippen LogP contribution in [0.15, 0.2) is 0 Å². The molecule has 3 aliphatic rings. The Kier molecular flexibility index (Phi) is 3.10. The number of piperidine rings is 1. The molecule has 102 valence electrons. The van der Waals surface area contributed by atoms with Crippen LogP contribution in [0.2, 0.25) is 0 Å². The van der Waals surface area contributed by atoms with Crippen LogP contribution in [0.4, 0.5) is 0 Å². The molecule has 0 bridgehead atoms. The van der Waals surface area contributed by atoms with Gasteiger partial charge in [0.25, 0.3) is 0 Å². The Balaban J connectivity index is 1.52. The molecule has 0 aromatic heterocycles. The highest BCUT2D eigenvalue weighted by Crippen LogP contribution is 2.44. The summed E-state index contributed by atoms with van der Waals surface area (Å²) in [5, 5.41) is 13.6. The van der Waals surface area contributed by atoms with Gasteiger partial charge in [-0.2, -0.15) is 0 Å². The van der Waals surface area contributed by atoms with E-state index in [0.29, 0.717) is 24.9 Å². The molecule has 0 aromatic rings. The Morgan fingerprint density at radius 1 is 1.39 bits per heavy atom. The van der Waals surface area contributed by atoms with E-state index in [-0.39, 0.29) is 11.9 Å². The first-order valence-corrected chi connectivity index (χ1v) is 7.37. The summed E-state index contributed by atoms with van der Waals surface area (Å²) in [6, 6.07) is -0.00699. The summed E-state index contributed by atoms with van der Waals surface area (Å²) >= 11 is 0. The number of rotatable bonds is 3. The van der Waals surface area contributed by atoms with Gasteiger partial charge in [-0.3, -0.25) is 4.79 Å². The lowest BCUT2D eigenvalue weighted by Gasteiger charge is -2.48. The summed E-state index contributed by atoms with van der Waals surface area (Å²) in [6.45, 7) is 4.28. The standard InChI is InChI=1S/C14H24N2O2/c1-2-10-5-6-15-12(7-10)13(17)16-8-14(18,9-16)11-3-4-11/h10-12,15,18H,2-9H2,1H3. The number of amides is 1. The van der Waals surface area contributed by atoms with Gasteiger partial charge in [-0.25, -0.2) is 0 Å². The van der Waals surface area contributed by atoms with Crippen LogP contribution in [-0.2, 0) is 4.79 Å². The Labute approximate surface area is 109 Å². The summed E-state index contributed by atoms with van der Waals surface area (Å²) < 4.78 is 0. The van der Waals surface area contributed by atoms with E-state index in [9.17, 15) is 9.90 Å². The van der Waals surface area contributed by atoms with Gasteiger partial charge in [0.2, 0.25) is 5.91 Å². The largest absolute Gasteiger partial charge is 0.386 e. The zero-order valence-corrected chi connectivity index (χ0v) is 11.2. The molecule has 0 aromatic carbocycles. The highest BCUT2D eigenvalue weighted by molar-refractivity contribution is 5.83. The molecule has 3 fully saturated rings. The van der Waals surface area contributed by atoms with Gasteiger partial charge in [-0.1, -0.05) is 13.3 Å². The van der Waals surface area contributed by atoms with Crippen LogP contribution in [-0.4, -0.2) is 47.2 Å². The van der Waals surface area contributed by atoms with E-state index in [1.807, 2.05) is 4.90 Å². The molecule has 4 heteroatoms. The van der Waals surface area contributed by atoms with Crippen LogP contribution in [0.3, 0.4) is 0 Å². The summed E-state index contributed by atoms with van der Waals surface area (Å²) in [5.41, 5.74) is -0.547. The van der Waals surface area contributed by atoms with Crippen molar-refractivity contribution in [3.8, 4) is 0 Å². The van der Waals surface area contributed by atoms with Crippen molar-refractivity contribution >= 4 is 5.91 Å². The van der Waals surface area contributed by atoms with Crippen molar-refractivity contribution in [3.05, 3.63) is 0 Å². The van der Waals surface area contributed by atoms with E-state index in [1.165, 1.54) is 6.42 Å². The van der Waals surface area contributed by atoms with Crippen molar-refractivity contribution in [2.45, 2.75) is 50.7 Å². The van der Waals surface area contributed by atoms with Crippen LogP contribution >= 0.6 is 0 Å². The maximum atomic E-state index is 12.3. The maximum absolute atomic E-state index is 12.3. The SMILES string of the molecule is CCC1CCNC(C(=O)N2CC(O)(C3CC3)C2)C1. The van der Waals surface area contributed by atoms with Crippen LogP contribution in [0, 0.1) is 11.8 Å². The Morgan fingerprint density at radius 3 is 2.72 bits per heavy atom. The molecule has 2 heterocycles. The highest BCUT2D eigenvalue weighted by Gasteiger charge is 2.53. The fraction of sp³-hybridized carbons (Fsp3) is 0.929. The molecule has 18 heavy (non-hydrogen) atoms. The van der Waals surface area contributed by atoms with Gasteiger partial charge in [0.1, 0.15) is 5.60 Å². The van der Waals surface area contributed by atoms with Gasteiger partial charge in [-0.15, -0.1) is 0 Å². The molecule has 0 radical (unpaired) electrons. The van der Waals surface area contributed by atoms with Gasteiger partial charge in [-0.05, 0) is 44.1 Å². The first-order chi connectivity index (χ1) is 8.62. The number of nitrogens with zero attached hydrogens (tertiary/aromatic N) is 1. The van der Waals surface area contributed by atoms with Crippen LogP contribution < -0.4 is 5.32 Å². The smallest absolute Gasteiger partial charge is 0.239 e. The van der Waals surface area contributed by atoms with Gasteiger partial charge < -0.3 is 15.3 Å². The molecule has 2 N–H and O–H groups in total. The van der Waals surface area contributed by atoms with Gasteiger partial charge in [0.05, 0.1) is 19.1 Å². The molecule has 2 aliphatic heterocycles. The Morgan fingerprint density at radius 2 is 2.11 bits per heavy atom. The third kappa shape index (κ3) is 2.16. The van der Waals surface area contributed by atoms with E-state index < -0.39 is 5.60 Å².